The number of Topliss-reactive ketones (excluding diaryl/α,β-unsaturated/α-hetero) is 1. The second-order valence-corrected chi connectivity index (χ2v) is 10.5. The topological polar surface area (TPSA) is 82.2 Å². The Morgan fingerprint density at radius 1 is 1.03 bits per heavy atom. The maximum Gasteiger partial charge on any atom is 0.252 e. The molecular weight excluding hydrogens is 444 g/mol. The molecule has 0 bridgehead atoms. The van der Waals surface area contributed by atoms with E-state index >= 15 is 0 Å². The summed E-state index contributed by atoms with van der Waals surface area (Å²) in [5.74, 6) is -0.355. The van der Waals surface area contributed by atoms with Crippen molar-refractivity contribution in [2.24, 2.45) is 0 Å². The first-order chi connectivity index (χ1) is 17.0. The number of nitrogens with zero attached hydrogens (tertiary/aromatic N) is 3. The number of ether oxygens (including phenoxy) is 1. The van der Waals surface area contributed by atoms with E-state index in [1.165, 1.54) is 6.42 Å². The van der Waals surface area contributed by atoms with Gasteiger partial charge in [0.1, 0.15) is 18.2 Å². The van der Waals surface area contributed by atoms with Gasteiger partial charge in [-0.05, 0) is 56.5 Å². The van der Waals surface area contributed by atoms with Crippen LogP contribution in [0.25, 0.3) is 0 Å². The van der Waals surface area contributed by atoms with Crippen molar-refractivity contribution in [3.8, 4) is 0 Å². The number of hydrogen-bond donors (Lipinski definition) is 1. The van der Waals surface area contributed by atoms with E-state index in [0.717, 1.165) is 57.7 Å². The molecule has 3 saturated heterocycles. The summed E-state index contributed by atoms with van der Waals surface area (Å²) in [4.78, 5) is 46.1. The lowest BCUT2D eigenvalue weighted by Gasteiger charge is -2.40. The summed E-state index contributed by atoms with van der Waals surface area (Å²) in [5, 5.41) is 3.14. The minimum atomic E-state index is -0.943. The van der Waals surface area contributed by atoms with Gasteiger partial charge in [-0.2, -0.15) is 0 Å². The molecule has 35 heavy (non-hydrogen) atoms. The van der Waals surface area contributed by atoms with Gasteiger partial charge in [-0.15, -0.1) is 0 Å². The van der Waals surface area contributed by atoms with Crippen molar-refractivity contribution in [1.82, 2.24) is 15.1 Å². The zero-order valence-electron chi connectivity index (χ0n) is 20.8. The Morgan fingerprint density at radius 2 is 1.74 bits per heavy atom. The molecule has 4 aliphatic rings. The van der Waals surface area contributed by atoms with Crippen LogP contribution in [-0.2, 0) is 14.3 Å². The molecule has 1 N–H and O–H groups in total. The van der Waals surface area contributed by atoms with Crippen molar-refractivity contribution in [3.05, 3.63) is 29.8 Å². The zero-order valence-corrected chi connectivity index (χ0v) is 20.8. The van der Waals surface area contributed by atoms with Gasteiger partial charge in [-0.3, -0.25) is 19.3 Å². The first-order valence-corrected chi connectivity index (χ1v) is 13.4. The van der Waals surface area contributed by atoms with Gasteiger partial charge >= 0.3 is 0 Å². The number of fused-ring (bicyclic) bond motifs is 1. The largest absolute Gasteiger partial charge is 0.369 e. The fourth-order valence-corrected chi connectivity index (χ4v) is 6.30. The van der Waals surface area contributed by atoms with Gasteiger partial charge in [0.15, 0.2) is 5.78 Å². The standard InChI is InChI=1S/C27H38N4O4/c1-2-13-29-15-17-30(18-16-29)21-8-6-20(7-9-21)25(33)28-27(11-4-3-5-12-27)26(34)31-14-10-23-24(31)22(32)19-35-23/h6-9,23-24H,2-5,10-19H2,1H3,(H,28,33)/t23-,24-/m1/s1. The highest BCUT2D eigenvalue weighted by molar-refractivity contribution is 6.01. The highest BCUT2D eigenvalue weighted by Gasteiger charge is 2.52. The van der Waals surface area contributed by atoms with E-state index in [0.29, 0.717) is 31.4 Å². The van der Waals surface area contributed by atoms with Crippen LogP contribution in [0.5, 0.6) is 0 Å². The van der Waals surface area contributed by atoms with Crippen LogP contribution in [0.3, 0.4) is 0 Å². The number of ketones is 1. The summed E-state index contributed by atoms with van der Waals surface area (Å²) in [6, 6.07) is 7.27. The number of carbonyl (C=O) groups excluding carboxylic acids is 3. The van der Waals surface area contributed by atoms with Gasteiger partial charge in [-0.25, -0.2) is 0 Å². The van der Waals surface area contributed by atoms with Crippen molar-refractivity contribution in [2.45, 2.75) is 69.6 Å². The summed E-state index contributed by atoms with van der Waals surface area (Å²) >= 11 is 0. The molecule has 8 heteroatoms. The summed E-state index contributed by atoms with van der Waals surface area (Å²) in [6.07, 6.45) is 5.72. The Balaban J connectivity index is 1.27. The molecule has 0 spiro atoms. The molecule has 1 aromatic carbocycles. The lowest BCUT2D eigenvalue weighted by molar-refractivity contribution is -0.143. The molecule has 1 saturated carbocycles. The first kappa shape index (κ1) is 24.3. The summed E-state index contributed by atoms with van der Waals surface area (Å²) in [7, 11) is 0. The van der Waals surface area contributed by atoms with E-state index in [1.54, 1.807) is 4.90 Å². The van der Waals surface area contributed by atoms with E-state index in [1.807, 2.05) is 24.3 Å². The SMILES string of the molecule is CCCN1CCN(c2ccc(C(=O)NC3(C(=O)N4CC[C@H]5OCC(=O)[C@H]54)CCCCC3)cc2)CC1. The lowest BCUT2D eigenvalue weighted by Crippen LogP contribution is -2.62. The van der Waals surface area contributed by atoms with Gasteiger partial charge < -0.3 is 19.9 Å². The summed E-state index contributed by atoms with van der Waals surface area (Å²) in [5.41, 5.74) is 0.751. The molecule has 4 fully saturated rings. The average molecular weight is 483 g/mol. The number of rotatable bonds is 6. The monoisotopic (exact) mass is 482 g/mol. The molecule has 5 rings (SSSR count). The highest BCUT2D eigenvalue weighted by atomic mass is 16.5. The Hall–Kier alpha value is -2.45. The van der Waals surface area contributed by atoms with Crippen LogP contribution in [0.2, 0.25) is 0 Å². The van der Waals surface area contributed by atoms with Crippen LogP contribution in [0, 0.1) is 0 Å². The fourth-order valence-electron chi connectivity index (χ4n) is 6.30. The molecule has 1 aliphatic carbocycles. The fraction of sp³-hybridized carbons (Fsp3) is 0.667. The third kappa shape index (κ3) is 4.83. The molecule has 190 valence electrons. The predicted molar refractivity (Wildman–Crippen MR) is 134 cm³/mol. The number of anilines is 1. The normalized spacial score (nSPS) is 26.6. The number of benzene rings is 1. The van der Waals surface area contributed by atoms with Crippen LogP contribution >= 0.6 is 0 Å². The minimum absolute atomic E-state index is 0.0238. The van der Waals surface area contributed by atoms with Crippen LogP contribution < -0.4 is 10.2 Å². The second-order valence-electron chi connectivity index (χ2n) is 10.5. The molecule has 8 nitrogen and oxygen atoms in total. The smallest absolute Gasteiger partial charge is 0.252 e. The maximum atomic E-state index is 13.8. The van der Waals surface area contributed by atoms with Crippen molar-refractivity contribution >= 4 is 23.3 Å². The van der Waals surface area contributed by atoms with Gasteiger partial charge in [0, 0.05) is 44.0 Å². The van der Waals surface area contributed by atoms with E-state index in [4.69, 9.17) is 4.74 Å². The Kier molecular flexibility index (Phi) is 7.12. The number of carbonyl (C=O) groups is 3. The van der Waals surface area contributed by atoms with E-state index in [2.05, 4.69) is 22.0 Å². The molecular formula is C27H38N4O4. The van der Waals surface area contributed by atoms with Crippen molar-refractivity contribution < 1.29 is 19.1 Å². The predicted octanol–water partition coefficient (Wildman–Crippen LogP) is 2.22. The Labute approximate surface area is 207 Å². The number of piperazine rings is 1. The van der Waals surface area contributed by atoms with E-state index < -0.39 is 11.6 Å². The molecule has 0 aromatic heterocycles. The average Bonchev–Trinajstić information content (AvgIpc) is 3.48. The molecule has 1 aromatic rings. The summed E-state index contributed by atoms with van der Waals surface area (Å²) < 4.78 is 5.58. The van der Waals surface area contributed by atoms with Crippen LogP contribution in [0.1, 0.15) is 62.2 Å². The molecule has 3 heterocycles. The van der Waals surface area contributed by atoms with Crippen molar-refractivity contribution in [3.63, 3.8) is 0 Å². The van der Waals surface area contributed by atoms with Crippen molar-refractivity contribution in [1.29, 1.82) is 0 Å². The Bertz CT molecular complexity index is 935. The third-order valence-corrected chi connectivity index (χ3v) is 8.25. The lowest BCUT2D eigenvalue weighted by atomic mass is 9.80. The molecule has 2 atom stereocenters. The number of amides is 2. The number of hydrogen-bond acceptors (Lipinski definition) is 6. The third-order valence-electron chi connectivity index (χ3n) is 8.25. The molecule has 3 aliphatic heterocycles. The Morgan fingerprint density at radius 3 is 2.43 bits per heavy atom. The zero-order chi connectivity index (χ0) is 24.4. The maximum absolute atomic E-state index is 13.8. The quantitative estimate of drug-likeness (QED) is 0.670. The van der Waals surface area contributed by atoms with Gasteiger partial charge in [0.25, 0.3) is 5.91 Å². The molecule has 0 radical (unpaired) electrons. The number of nitrogens with one attached hydrogen (secondary N) is 1. The van der Waals surface area contributed by atoms with Gasteiger partial charge in [0.2, 0.25) is 5.91 Å². The number of likely N-dealkylation sites (tertiary alicyclic amines) is 1. The van der Waals surface area contributed by atoms with Gasteiger partial charge in [0.05, 0.1) is 6.10 Å². The van der Waals surface area contributed by atoms with Crippen LogP contribution in [0.15, 0.2) is 24.3 Å². The van der Waals surface area contributed by atoms with Gasteiger partial charge in [-0.1, -0.05) is 26.2 Å². The molecule has 0 unspecified atom stereocenters. The van der Waals surface area contributed by atoms with E-state index in [9.17, 15) is 14.4 Å². The van der Waals surface area contributed by atoms with Crippen LogP contribution in [0.4, 0.5) is 5.69 Å². The molecule has 2 amide bonds. The first-order valence-electron chi connectivity index (χ1n) is 13.4. The second kappa shape index (κ2) is 10.3. The van der Waals surface area contributed by atoms with Crippen molar-refractivity contribution in [2.75, 3.05) is 50.8 Å². The summed E-state index contributed by atoms with van der Waals surface area (Å²) in [6.45, 7) is 8.06. The highest BCUT2D eigenvalue weighted by Crippen LogP contribution is 2.35. The minimum Gasteiger partial charge on any atom is -0.369 e. The van der Waals surface area contributed by atoms with Crippen LogP contribution in [-0.4, -0.2) is 91.0 Å². The van der Waals surface area contributed by atoms with E-state index in [-0.39, 0.29) is 30.3 Å².